The van der Waals surface area contributed by atoms with Crippen LogP contribution in [0, 0.1) is 20.8 Å². The second-order valence-electron chi connectivity index (χ2n) is 7.93. The first-order chi connectivity index (χ1) is 16.1. The van der Waals surface area contributed by atoms with Gasteiger partial charge in [-0.3, -0.25) is 15.0 Å². The quantitative estimate of drug-likeness (QED) is 0.249. The van der Waals surface area contributed by atoms with E-state index in [1.807, 2.05) is 91.4 Å². The molecule has 0 radical (unpaired) electrons. The van der Waals surface area contributed by atoms with Gasteiger partial charge in [0, 0.05) is 34.7 Å². The second kappa shape index (κ2) is 10.5. The minimum atomic E-state index is 1.08. The number of para-hydroxylation sites is 3. The summed E-state index contributed by atoms with van der Waals surface area (Å²) in [7, 11) is 0. The molecule has 0 aliphatic heterocycles. The molecule has 3 heteroatoms. The Morgan fingerprint density at radius 3 is 0.909 bits per heavy atom. The van der Waals surface area contributed by atoms with Crippen molar-refractivity contribution in [2.45, 2.75) is 20.8 Å². The van der Waals surface area contributed by atoms with E-state index in [1.54, 1.807) is 0 Å². The topological polar surface area (TPSA) is 38.7 Å². The van der Waals surface area contributed by atoms with Crippen LogP contribution < -0.4 is 0 Å². The molecule has 162 valence electrons. The summed E-state index contributed by atoms with van der Waals surface area (Å²) >= 11 is 0. The molecule has 3 heterocycles. The molecule has 0 aliphatic carbocycles. The van der Waals surface area contributed by atoms with Crippen molar-refractivity contribution >= 4 is 32.7 Å². The van der Waals surface area contributed by atoms with E-state index in [0.717, 1.165) is 16.6 Å². The van der Waals surface area contributed by atoms with Crippen molar-refractivity contribution in [2.24, 2.45) is 0 Å². The van der Waals surface area contributed by atoms with Crippen molar-refractivity contribution in [1.29, 1.82) is 0 Å². The zero-order valence-electron chi connectivity index (χ0n) is 19.2. The summed E-state index contributed by atoms with van der Waals surface area (Å²) in [4.78, 5) is 12.7. The molecule has 0 amide bonds. The van der Waals surface area contributed by atoms with Gasteiger partial charge >= 0.3 is 0 Å². The van der Waals surface area contributed by atoms with Crippen molar-refractivity contribution in [3.05, 3.63) is 126 Å². The normalized spacial score (nSPS) is 10.3. The molecule has 0 fully saturated rings. The maximum Gasteiger partial charge on any atom is 0.0704 e. The van der Waals surface area contributed by atoms with Gasteiger partial charge in [-0.2, -0.15) is 0 Å². The minimum Gasteiger partial charge on any atom is -0.256 e. The SMILES string of the molecule is Cc1ccnc2ccccc12.Cc1ccnc2ccccc12.Cc1ccnc2ccccc12. The van der Waals surface area contributed by atoms with E-state index < -0.39 is 0 Å². The average molecular weight is 430 g/mol. The smallest absolute Gasteiger partial charge is 0.0704 e. The van der Waals surface area contributed by atoms with Gasteiger partial charge in [-0.1, -0.05) is 54.6 Å². The van der Waals surface area contributed by atoms with Crippen LogP contribution in [0.4, 0.5) is 0 Å². The van der Waals surface area contributed by atoms with Crippen LogP contribution in [0.5, 0.6) is 0 Å². The summed E-state index contributed by atoms with van der Waals surface area (Å²) in [6.07, 6.45) is 5.53. The third-order valence-corrected chi connectivity index (χ3v) is 5.60. The third kappa shape index (κ3) is 5.39. The number of hydrogen-bond donors (Lipinski definition) is 0. The average Bonchev–Trinajstić information content (AvgIpc) is 2.86. The number of pyridine rings is 3. The fraction of sp³-hybridized carbons (Fsp3) is 0.100. The lowest BCUT2D eigenvalue weighted by atomic mass is 10.1. The van der Waals surface area contributed by atoms with Crippen LogP contribution >= 0.6 is 0 Å². The Labute approximate surface area is 194 Å². The minimum absolute atomic E-state index is 1.08. The largest absolute Gasteiger partial charge is 0.256 e. The van der Waals surface area contributed by atoms with Gasteiger partial charge in [0.2, 0.25) is 0 Å². The number of benzene rings is 3. The molecule has 33 heavy (non-hydrogen) atoms. The highest BCUT2D eigenvalue weighted by Crippen LogP contribution is 2.15. The van der Waals surface area contributed by atoms with Crippen LogP contribution in [0.2, 0.25) is 0 Å². The van der Waals surface area contributed by atoms with E-state index in [1.165, 1.54) is 32.8 Å². The predicted molar refractivity (Wildman–Crippen MR) is 139 cm³/mol. The molecule has 0 saturated carbocycles. The highest BCUT2D eigenvalue weighted by Gasteiger charge is 1.95. The van der Waals surface area contributed by atoms with Crippen molar-refractivity contribution in [2.75, 3.05) is 0 Å². The van der Waals surface area contributed by atoms with Gasteiger partial charge in [-0.05, 0) is 73.9 Å². The van der Waals surface area contributed by atoms with Crippen molar-refractivity contribution in [3.8, 4) is 0 Å². The van der Waals surface area contributed by atoms with Crippen LogP contribution in [-0.2, 0) is 0 Å². The van der Waals surface area contributed by atoms with Crippen LogP contribution in [0.1, 0.15) is 16.7 Å². The molecular weight excluding hydrogens is 402 g/mol. The van der Waals surface area contributed by atoms with E-state index >= 15 is 0 Å². The number of rotatable bonds is 0. The van der Waals surface area contributed by atoms with Crippen LogP contribution in [0.15, 0.2) is 110 Å². The number of aromatic nitrogens is 3. The monoisotopic (exact) mass is 429 g/mol. The molecule has 0 unspecified atom stereocenters. The number of nitrogens with zero attached hydrogens (tertiary/aromatic N) is 3. The lowest BCUT2D eigenvalue weighted by Gasteiger charge is -1.97. The fourth-order valence-electron chi connectivity index (χ4n) is 3.72. The summed E-state index contributed by atoms with van der Waals surface area (Å²) in [5, 5.41) is 3.74. The van der Waals surface area contributed by atoms with Crippen molar-refractivity contribution < 1.29 is 0 Å². The fourth-order valence-corrected chi connectivity index (χ4v) is 3.72. The molecule has 6 rings (SSSR count). The summed E-state index contributed by atoms with van der Waals surface area (Å²) in [5.41, 5.74) is 7.09. The first-order valence-electron chi connectivity index (χ1n) is 11.0. The van der Waals surface area contributed by atoms with Gasteiger partial charge < -0.3 is 0 Å². The lowest BCUT2D eigenvalue weighted by Crippen LogP contribution is -1.79. The standard InChI is InChI=1S/3C10H9N/c3*1-8-6-7-11-10-5-3-2-4-9(8)10/h3*2-7H,1H3. The van der Waals surface area contributed by atoms with Gasteiger partial charge in [-0.25, -0.2) is 0 Å². The Morgan fingerprint density at radius 2 is 0.636 bits per heavy atom. The van der Waals surface area contributed by atoms with E-state index in [9.17, 15) is 0 Å². The Morgan fingerprint density at radius 1 is 0.364 bits per heavy atom. The van der Waals surface area contributed by atoms with Crippen LogP contribution in [0.3, 0.4) is 0 Å². The van der Waals surface area contributed by atoms with E-state index in [2.05, 4.69) is 53.9 Å². The Balaban J connectivity index is 0.000000118. The van der Waals surface area contributed by atoms with Crippen molar-refractivity contribution in [1.82, 2.24) is 15.0 Å². The maximum atomic E-state index is 4.24. The van der Waals surface area contributed by atoms with Crippen molar-refractivity contribution in [3.63, 3.8) is 0 Å². The highest BCUT2D eigenvalue weighted by atomic mass is 14.7. The van der Waals surface area contributed by atoms with Gasteiger partial charge in [-0.15, -0.1) is 0 Å². The van der Waals surface area contributed by atoms with Gasteiger partial charge in [0.1, 0.15) is 0 Å². The molecule has 3 nitrogen and oxygen atoms in total. The molecule has 0 bridgehead atoms. The molecule has 0 spiro atoms. The zero-order valence-corrected chi connectivity index (χ0v) is 19.2. The molecule has 0 aliphatic rings. The lowest BCUT2D eigenvalue weighted by molar-refractivity contribution is 1.37. The van der Waals surface area contributed by atoms with E-state index in [0.29, 0.717) is 0 Å². The molecule has 0 atom stereocenters. The molecule has 0 N–H and O–H groups in total. The van der Waals surface area contributed by atoms with E-state index in [4.69, 9.17) is 0 Å². The second-order valence-corrected chi connectivity index (χ2v) is 7.93. The van der Waals surface area contributed by atoms with E-state index in [-0.39, 0.29) is 0 Å². The Bertz CT molecular complexity index is 1310. The Hall–Kier alpha value is -4.11. The molecular formula is C30H27N3. The zero-order chi connectivity index (χ0) is 23.0. The summed E-state index contributed by atoms with van der Waals surface area (Å²) in [6.45, 7) is 6.30. The summed E-state index contributed by atoms with van der Waals surface area (Å²) in [5.74, 6) is 0. The maximum absolute atomic E-state index is 4.24. The molecule has 6 aromatic rings. The first kappa shape index (κ1) is 22.1. The molecule has 3 aromatic heterocycles. The molecule has 3 aromatic carbocycles. The third-order valence-electron chi connectivity index (χ3n) is 5.60. The first-order valence-corrected chi connectivity index (χ1v) is 11.0. The highest BCUT2D eigenvalue weighted by molar-refractivity contribution is 5.82. The molecule has 0 saturated heterocycles. The number of aryl methyl sites for hydroxylation is 3. The summed E-state index contributed by atoms with van der Waals surface area (Å²) in [6, 6.07) is 30.6. The van der Waals surface area contributed by atoms with Gasteiger partial charge in [0.25, 0.3) is 0 Å². The number of fused-ring (bicyclic) bond motifs is 3. The predicted octanol–water partition coefficient (Wildman–Crippen LogP) is 7.63. The number of hydrogen-bond acceptors (Lipinski definition) is 3. The Kier molecular flexibility index (Phi) is 7.01. The van der Waals surface area contributed by atoms with Gasteiger partial charge in [0.05, 0.1) is 16.6 Å². The summed E-state index contributed by atoms with van der Waals surface area (Å²) < 4.78 is 0. The van der Waals surface area contributed by atoms with Crippen LogP contribution in [0.25, 0.3) is 32.7 Å². The van der Waals surface area contributed by atoms with Crippen LogP contribution in [-0.4, -0.2) is 15.0 Å². The van der Waals surface area contributed by atoms with Gasteiger partial charge in [0.15, 0.2) is 0 Å².